The number of carbonyl (C=O) groups is 1. The number of amides is 1. The smallest absolute Gasteiger partial charge is 0.255 e. The number of nitrogens with one attached hydrogen (secondary N) is 1. The van der Waals surface area contributed by atoms with Gasteiger partial charge in [-0.1, -0.05) is 42.5 Å². The second kappa shape index (κ2) is 9.53. The summed E-state index contributed by atoms with van der Waals surface area (Å²) >= 11 is 0. The van der Waals surface area contributed by atoms with E-state index in [2.05, 4.69) is 34.1 Å². The molecule has 6 nitrogen and oxygen atoms in total. The van der Waals surface area contributed by atoms with E-state index >= 15 is 0 Å². The first-order chi connectivity index (χ1) is 15.2. The van der Waals surface area contributed by atoms with E-state index in [-0.39, 0.29) is 0 Å². The largest absolute Gasteiger partial charge is 0.497 e. The number of hydrogen-bond donors (Lipinski definition) is 2. The molecular formula is C25H27N3O3. The van der Waals surface area contributed by atoms with Crippen molar-refractivity contribution >= 4 is 17.3 Å². The van der Waals surface area contributed by atoms with Crippen LogP contribution in [0.3, 0.4) is 0 Å². The average Bonchev–Trinajstić information content (AvgIpc) is 2.85. The van der Waals surface area contributed by atoms with Crippen LogP contribution in [0.5, 0.6) is 5.75 Å². The topological polar surface area (TPSA) is 65.0 Å². The van der Waals surface area contributed by atoms with Gasteiger partial charge in [-0.25, -0.2) is 5.48 Å². The molecule has 2 N–H and O–H groups in total. The van der Waals surface area contributed by atoms with Gasteiger partial charge < -0.3 is 14.5 Å². The Balaban J connectivity index is 1.50. The first kappa shape index (κ1) is 20.8. The summed E-state index contributed by atoms with van der Waals surface area (Å²) in [6.07, 6.45) is 0. The van der Waals surface area contributed by atoms with Gasteiger partial charge in [0.05, 0.1) is 13.0 Å². The average molecular weight is 418 g/mol. The van der Waals surface area contributed by atoms with E-state index in [0.29, 0.717) is 0 Å². The minimum absolute atomic E-state index is 0.437. The van der Waals surface area contributed by atoms with Crippen LogP contribution in [-0.2, 0) is 4.79 Å². The van der Waals surface area contributed by atoms with E-state index in [0.717, 1.165) is 48.7 Å². The second-order valence-electron chi connectivity index (χ2n) is 7.59. The molecule has 1 atom stereocenters. The Morgan fingerprint density at radius 3 is 2.06 bits per heavy atom. The number of benzene rings is 3. The van der Waals surface area contributed by atoms with E-state index in [1.165, 1.54) is 5.69 Å². The zero-order chi connectivity index (χ0) is 21.6. The van der Waals surface area contributed by atoms with E-state index < -0.39 is 11.8 Å². The van der Waals surface area contributed by atoms with Gasteiger partial charge in [0.15, 0.2) is 0 Å². The number of hydroxylamine groups is 1. The molecule has 3 aromatic carbocycles. The molecule has 1 heterocycles. The van der Waals surface area contributed by atoms with Crippen molar-refractivity contribution in [3.63, 3.8) is 0 Å². The maximum Gasteiger partial charge on any atom is 0.255 e. The van der Waals surface area contributed by atoms with Crippen LogP contribution in [0.25, 0.3) is 0 Å². The van der Waals surface area contributed by atoms with Crippen LogP contribution in [0.1, 0.15) is 17.0 Å². The molecule has 3 aromatic rings. The fraction of sp³-hybridized carbons (Fsp3) is 0.240. The van der Waals surface area contributed by atoms with Gasteiger partial charge in [-0.15, -0.1) is 0 Å². The Morgan fingerprint density at radius 2 is 1.45 bits per heavy atom. The maximum atomic E-state index is 12.5. The maximum absolute atomic E-state index is 12.5. The molecule has 160 valence electrons. The summed E-state index contributed by atoms with van der Waals surface area (Å²) in [5, 5.41) is 9.29. The zero-order valence-electron chi connectivity index (χ0n) is 17.6. The molecule has 1 aliphatic heterocycles. The monoisotopic (exact) mass is 417 g/mol. The van der Waals surface area contributed by atoms with Crippen LogP contribution >= 0.6 is 0 Å². The highest BCUT2D eigenvalue weighted by atomic mass is 16.5. The van der Waals surface area contributed by atoms with E-state index in [9.17, 15) is 10.0 Å². The van der Waals surface area contributed by atoms with Crippen molar-refractivity contribution in [3.05, 3.63) is 90.0 Å². The number of anilines is 2. The molecule has 1 fully saturated rings. The van der Waals surface area contributed by atoms with Crippen molar-refractivity contribution < 1.29 is 14.7 Å². The molecule has 1 amide bonds. The van der Waals surface area contributed by atoms with Crippen LogP contribution in [-0.4, -0.2) is 44.4 Å². The predicted molar refractivity (Wildman–Crippen MR) is 122 cm³/mol. The lowest BCUT2D eigenvalue weighted by atomic mass is 9.90. The Bertz CT molecular complexity index is 1000. The molecule has 0 radical (unpaired) electrons. The molecule has 1 unspecified atom stereocenters. The molecule has 0 bridgehead atoms. The number of hydrogen-bond acceptors (Lipinski definition) is 5. The summed E-state index contributed by atoms with van der Waals surface area (Å²) < 4.78 is 5.25. The zero-order valence-corrected chi connectivity index (χ0v) is 17.6. The van der Waals surface area contributed by atoms with Gasteiger partial charge in [0.1, 0.15) is 5.75 Å². The minimum atomic E-state index is -0.563. The van der Waals surface area contributed by atoms with E-state index in [1.807, 2.05) is 60.1 Å². The van der Waals surface area contributed by atoms with Crippen molar-refractivity contribution in [2.45, 2.75) is 5.92 Å². The lowest BCUT2D eigenvalue weighted by Crippen LogP contribution is -2.46. The summed E-state index contributed by atoms with van der Waals surface area (Å²) in [6.45, 7) is 3.60. The molecule has 1 saturated heterocycles. The third-order valence-electron chi connectivity index (χ3n) is 5.79. The van der Waals surface area contributed by atoms with Gasteiger partial charge in [0.25, 0.3) is 5.91 Å². The molecule has 6 heteroatoms. The van der Waals surface area contributed by atoms with E-state index in [1.54, 1.807) is 7.11 Å². The molecule has 0 spiro atoms. The van der Waals surface area contributed by atoms with Crippen LogP contribution in [0, 0.1) is 0 Å². The van der Waals surface area contributed by atoms with Gasteiger partial charge in [-0.3, -0.25) is 10.0 Å². The highest BCUT2D eigenvalue weighted by Crippen LogP contribution is 2.29. The molecule has 0 saturated carbocycles. The van der Waals surface area contributed by atoms with Crippen LogP contribution in [0.15, 0.2) is 78.9 Å². The van der Waals surface area contributed by atoms with Gasteiger partial charge in [-0.05, 0) is 47.5 Å². The van der Waals surface area contributed by atoms with Gasteiger partial charge in [-0.2, -0.15) is 0 Å². The summed E-state index contributed by atoms with van der Waals surface area (Å²) in [4.78, 5) is 17.2. The van der Waals surface area contributed by atoms with Gasteiger partial charge >= 0.3 is 0 Å². The number of nitrogens with zero attached hydrogens (tertiary/aromatic N) is 2. The Hall–Kier alpha value is -3.51. The number of methoxy groups -OCH3 is 1. The molecule has 0 aromatic heterocycles. The lowest BCUT2D eigenvalue weighted by molar-refractivity contribution is -0.129. The molecule has 31 heavy (non-hydrogen) atoms. The summed E-state index contributed by atoms with van der Waals surface area (Å²) in [7, 11) is 1.68. The lowest BCUT2D eigenvalue weighted by Gasteiger charge is -2.37. The van der Waals surface area contributed by atoms with Crippen molar-refractivity contribution in [2.24, 2.45) is 0 Å². The van der Waals surface area contributed by atoms with Crippen LogP contribution < -0.4 is 20.0 Å². The standard InChI is InChI=1S/C25H27N3O3/c1-31-23-12-10-21(11-13-23)27-14-16-28(17-15-27)22-9-5-8-20(18-22)24(25(29)26-30)19-6-3-2-4-7-19/h2-13,18,24,30H,14-17H2,1H3,(H,26,29). The molecule has 1 aliphatic rings. The Morgan fingerprint density at radius 1 is 0.839 bits per heavy atom. The number of carbonyl (C=O) groups excluding carboxylic acids is 1. The molecule has 0 aliphatic carbocycles. The van der Waals surface area contributed by atoms with Crippen LogP contribution in [0.2, 0.25) is 0 Å². The number of ether oxygens (including phenoxy) is 1. The quantitative estimate of drug-likeness (QED) is 0.473. The fourth-order valence-electron chi connectivity index (χ4n) is 4.12. The summed E-state index contributed by atoms with van der Waals surface area (Å²) in [6, 6.07) is 25.7. The van der Waals surface area contributed by atoms with Crippen molar-refractivity contribution in [3.8, 4) is 5.75 Å². The Kier molecular flexibility index (Phi) is 6.38. The van der Waals surface area contributed by atoms with Gasteiger partial charge in [0.2, 0.25) is 0 Å². The number of rotatable bonds is 6. The third-order valence-corrected chi connectivity index (χ3v) is 5.79. The van der Waals surface area contributed by atoms with Crippen molar-refractivity contribution in [1.29, 1.82) is 0 Å². The summed E-state index contributed by atoms with van der Waals surface area (Å²) in [5.74, 6) is -0.140. The predicted octanol–water partition coefficient (Wildman–Crippen LogP) is 3.66. The number of piperazine rings is 1. The highest BCUT2D eigenvalue weighted by Gasteiger charge is 2.24. The van der Waals surface area contributed by atoms with E-state index in [4.69, 9.17) is 4.74 Å². The second-order valence-corrected chi connectivity index (χ2v) is 7.59. The van der Waals surface area contributed by atoms with Crippen LogP contribution in [0.4, 0.5) is 11.4 Å². The summed E-state index contributed by atoms with van der Waals surface area (Å²) in [5.41, 5.74) is 5.80. The SMILES string of the molecule is COc1ccc(N2CCN(c3cccc(C(C(=O)NO)c4ccccc4)c3)CC2)cc1. The van der Waals surface area contributed by atoms with Gasteiger partial charge in [0, 0.05) is 37.6 Å². The molecular weight excluding hydrogens is 390 g/mol. The Labute approximate surface area is 182 Å². The molecule has 4 rings (SSSR count). The third kappa shape index (κ3) is 4.64. The first-order valence-corrected chi connectivity index (χ1v) is 10.4. The van der Waals surface area contributed by atoms with Crippen molar-refractivity contribution in [2.75, 3.05) is 43.1 Å². The van der Waals surface area contributed by atoms with Crippen molar-refractivity contribution in [1.82, 2.24) is 5.48 Å². The first-order valence-electron chi connectivity index (χ1n) is 10.4. The normalized spacial score (nSPS) is 14.8. The minimum Gasteiger partial charge on any atom is -0.497 e. The fourth-order valence-corrected chi connectivity index (χ4v) is 4.12. The highest BCUT2D eigenvalue weighted by molar-refractivity contribution is 5.86.